The van der Waals surface area contributed by atoms with Gasteiger partial charge in [-0.2, -0.15) is 0 Å². The highest BCUT2D eigenvalue weighted by molar-refractivity contribution is 5.47. The highest BCUT2D eigenvalue weighted by Crippen LogP contribution is 2.34. The first kappa shape index (κ1) is 13.3. The minimum absolute atomic E-state index is 0.560. The van der Waals surface area contributed by atoms with Crippen molar-refractivity contribution in [1.29, 1.82) is 0 Å². The van der Waals surface area contributed by atoms with Gasteiger partial charge in [-0.15, -0.1) is 0 Å². The molecule has 0 spiro atoms. The molecule has 0 saturated carbocycles. The summed E-state index contributed by atoms with van der Waals surface area (Å²) < 4.78 is 0. The van der Waals surface area contributed by atoms with E-state index in [1.54, 1.807) is 0 Å². The maximum atomic E-state index is 4.55. The van der Waals surface area contributed by atoms with Crippen LogP contribution in [0.3, 0.4) is 0 Å². The van der Waals surface area contributed by atoms with Gasteiger partial charge in [-0.3, -0.25) is 4.90 Å². The second-order valence-corrected chi connectivity index (χ2v) is 5.36. The van der Waals surface area contributed by atoms with Crippen molar-refractivity contribution in [2.24, 2.45) is 0 Å². The fourth-order valence-corrected chi connectivity index (χ4v) is 2.94. The fourth-order valence-electron chi connectivity index (χ4n) is 2.94. The Morgan fingerprint density at radius 3 is 2.94 bits per heavy atom. The second-order valence-electron chi connectivity index (χ2n) is 5.36. The number of aromatic nitrogens is 1. The van der Waals surface area contributed by atoms with E-state index in [2.05, 4.69) is 47.9 Å². The van der Waals surface area contributed by atoms with E-state index in [-0.39, 0.29) is 0 Å². The van der Waals surface area contributed by atoms with Gasteiger partial charge in [-0.1, -0.05) is 19.4 Å². The summed E-state index contributed by atoms with van der Waals surface area (Å²) in [6.45, 7) is 4.70. The van der Waals surface area contributed by atoms with Gasteiger partial charge in [0.1, 0.15) is 5.82 Å². The first-order valence-electron chi connectivity index (χ1n) is 7.10. The van der Waals surface area contributed by atoms with Gasteiger partial charge in [0.05, 0.1) is 0 Å². The lowest BCUT2D eigenvalue weighted by Gasteiger charge is -2.37. The number of hydrogen-bond acceptors (Lipinski definition) is 3. The molecule has 2 rings (SSSR count). The largest absolute Gasteiger partial charge is 0.362 e. The zero-order valence-electron chi connectivity index (χ0n) is 11.9. The first-order chi connectivity index (χ1) is 8.74. The molecule has 1 fully saturated rings. The molecule has 0 unspecified atom stereocenters. The minimum Gasteiger partial charge on any atom is -0.362 e. The number of piperidine rings is 1. The van der Waals surface area contributed by atoms with Gasteiger partial charge < -0.3 is 4.90 Å². The Morgan fingerprint density at radius 1 is 1.39 bits per heavy atom. The Bertz CT molecular complexity index is 374. The number of likely N-dealkylation sites (tertiary alicyclic amines) is 1. The van der Waals surface area contributed by atoms with Crippen molar-refractivity contribution < 1.29 is 0 Å². The highest BCUT2D eigenvalue weighted by Gasteiger charge is 2.25. The van der Waals surface area contributed by atoms with Gasteiger partial charge in [0, 0.05) is 31.9 Å². The summed E-state index contributed by atoms with van der Waals surface area (Å²) in [4.78, 5) is 9.31. The van der Waals surface area contributed by atoms with Gasteiger partial charge >= 0.3 is 0 Å². The van der Waals surface area contributed by atoms with Crippen molar-refractivity contribution in [1.82, 2.24) is 9.88 Å². The van der Waals surface area contributed by atoms with Crippen LogP contribution in [0.5, 0.6) is 0 Å². The van der Waals surface area contributed by atoms with Crippen molar-refractivity contribution in [2.75, 3.05) is 32.1 Å². The molecule has 0 radical (unpaired) electrons. The van der Waals surface area contributed by atoms with Gasteiger partial charge in [0.2, 0.25) is 0 Å². The Kier molecular flexibility index (Phi) is 4.59. The van der Waals surface area contributed by atoms with Crippen LogP contribution < -0.4 is 4.90 Å². The van der Waals surface area contributed by atoms with Crippen LogP contribution in [0.2, 0.25) is 0 Å². The molecule has 1 saturated heterocycles. The van der Waals surface area contributed by atoms with Crippen molar-refractivity contribution in [3.63, 3.8) is 0 Å². The number of nitrogens with zero attached hydrogens (tertiary/aromatic N) is 3. The third kappa shape index (κ3) is 2.83. The summed E-state index contributed by atoms with van der Waals surface area (Å²) in [7, 11) is 4.16. The zero-order valence-corrected chi connectivity index (χ0v) is 11.9. The molecule has 0 amide bonds. The lowest BCUT2D eigenvalue weighted by Crippen LogP contribution is -2.34. The van der Waals surface area contributed by atoms with Crippen LogP contribution in [0.4, 0.5) is 5.82 Å². The first-order valence-corrected chi connectivity index (χ1v) is 7.10. The Labute approximate surface area is 111 Å². The Hall–Kier alpha value is -1.09. The number of anilines is 1. The predicted octanol–water partition coefficient (Wildman–Crippen LogP) is 3.08. The van der Waals surface area contributed by atoms with Gasteiger partial charge in [-0.25, -0.2) is 4.98 Å². The Balaban J connectivity index is 2.27. The summed E-state index contributed by atoms with van der Waals surface area (Å²) >= 11 is 0. The summed E-state index contributed by atoms with van der Waals surface area (Å²) in [5.74, 6) is 1.13. The highest BCUT2D eigenvalue weighted by atomic mass is 15.2. The molecule has 1 aromatic rings. The molecular weight excluding hydrogens is 222 g/mol. The third-order valence-corrected chi connectivity index (χ3v) is 3.72. The lowest BCUT2D eigenvalue weighted by atomic mass is 9.95. The van der Waals surface area contributed by atoms with Crippen LogP contribution in [0.15, 0.2) is 18.3 Å². The van der Waals surface area contributed by atoms with Crippen LogP contribution in [0, 0.1) is 0 Å². The topological polar surface area (TPSA) is 19.4 Å². The van der Waals surface area contributed by atoms with Gasteiger partial charge in [0.25, 0.3) is 0 Å². The van der Waals surface area contributed by atoms with Crippen molar-refractivity contribution in [2.45, 2.75) is 38.6 Å². The van der Waals surface area contributed by atoms with E-state index in [4.69, 9.17) is 0 Å². The van der Waals surface area contributed by atoms with Gasteiger partial charge in [0.15, 0.2) is 0 Å². The maximum Gasteiger partial charge on any atom is 0.132 e. The lowest BCUT2D eigenvalue weighted by molar-refractivity contribution is 0.149. The molecule has 1 aliphatic rings. The van der Waals surface area contributed by atoms with Crippen molar-refractivity contribution in [3.05, 3.63) is 23.9 Å². The predicted molar refractivity (Wildman–Crippen MR) is 77.0 cm³/mol. The van der Waals surface area contributed by atoms with E-state index in [9.17, 15) is 0 Å². The molecule has 3 nitrogen and oxygen atoms in total. The van der Waals surface area contributed by atoms with E-state index in [1.165, 1.54) is 44.3 Å². The number of hydrogen-bond donors (Lipinski definition) is 0. The molecule has 1 aromatic heterocycles. The smallest absolute Gasteiger partial charge is 0.132 e. The molecule has 100 valence electrons. The van der Waals surface area contributed by atoms with Crippen LogP contribution in [-0.2, 0) is 0 Å². The van der Waals surface area contributed by atoms with E-state index < -0.39 is 0 Å². The summed E-state index contributed by atoms with van der Waals surface area (Å²) in [5, 5.41) is 0. The molecule has 0 aromatic carbocycles. The maximum absolute atomic E-state index is 4.55. The molecule has 18 heavy (non-hydrogen) atoms. The summed E-state index contributed by atoms with van der Waals surface area (Å²) in [6, 6.07) is 4.88. The minimum atomic E-state index is 0.560. The molecule has 1 atom stereocenters. The molecule has 0 aliphatic carbocycles. The monoisotopic (exact) mass is 247 g/mol. The van der Waals surface area contributed by atoms with Crippen LogP contribution >= 0.6 is 0 Å². The molecule has 3 heteroatoms. The average Bonchev–Trinajstić information content (AvgIpc) is 2.40. The number of pyridine rings is 1. The summed E-state index contributed by atoms with van der Waals surface area (Å²) in [6.07, 6.45) is 7.08. The third-order valence-electron chi connectivity index (χ3n) is 3.72. The van der Waals surface area contributed by atoms with Crippen LogP contribution in [-0.4, -0.2) is 37.1 Å². The van der Waals surface area contributed by atoms with E-state index in [0.29, 0.717) is 6.04 Å². The average molecular weight is 247 g/mol. The molecule has 0 N–H and O–H groups in total. The zero-order chi connectivity index (χ0) is 13.0. The Morgan fingerprint density at radius 2 is 2.22 bits per heavy atom. The number of rotatable bonds is 4. The summed E-state index contributed by atoms with van der Waals surface area (Å²) in [5.41, 5.74) is 1.40. The van der Waals surface area contributed by atoms with Crippen LogP contribution in [0.25, 0.3) is 0 Å². The SMILES string of the molecule is CCCN1CCCC[C@H]1c1cccnc1N(C)C. The van der Waals surface area contributed by atoms with E-state index in [1.807, 2.05) is 6.20 Å². The second kappa shape index (κ2) is 6.19. The standard InChI is InChI=1S/C15H25N3/c1-4-11-18-12-6-5-9-14(18)13-8-7-10-16-15(13)17(2)3/h7-8,10,14H,4-6,9,11-12H2,1-3H3/t14-/m0/s1. The van der Waals surface area contributed by atoms with E-state index >= 15 is 0 Å². The molecule has 0 bridgehead atoms. The quantitative estimate of drug-likeness (QED) is 0.815. The normalized spacial score (nSPS) is 20.9. The molecule has 2 heterocycles. The van der Waals surface area contributed by atoms with E-state index in [0.717, 1.165) is 5.82 Å². The van der Waals surface area contributed by atoms with Crippen molar-refractivity contribution >= 4 is 5.82 Å². The molecular formula is C15H25N3. The van der Waals surface area contributed by atoms with Gasteiger partial charge in [-0.05, 0) is 38.4 Å². The van der Waals surface area contributed by atoms with Crippen LogP contribution in [0.1, 0.15) is 44.2 Å². The van der Waals surface area contributed by atoms with Crippen molar-refractivity contribution in [3.8, 4) is 0 Å². The fraction of sp³-hybridized carbons (Fsp3) is 0.667. The molecule has 1 aliphatic heterocycles.